The summed E-state index contributed by atoms with van der Waals surface area (Å²) in [5.74, 6) is 0. The molecule has 0 spiro atoms. The molecule has 64 valence electrons. The average molecular weight is 162 g/mol. The van der Waals surface area contributed by atoms with Crippen LogP contribution < -0.4 is 5.43 Å². The Balaban J connectivity index is 1.91. The molecule has 0 aromatic carbocycles. The molecule has 1 fully saturated rings. The van der Waals surface area contributed by atoms with Gasteiger partial charge in [-0.2, -0.15) is 0 Å². The Hall–Kier alpha value is -1.02. The van der Waals surface area contributed by atoms with Crippen molar-refractivity contribution in [3.8, 4) is 0 Å². The Kier molecular flexibility index (Phi) is 2.00. The molecule has 0 aromatic heterocycles. The fraction of sp³-hybridized carbons (Fsp3) is 0.400. The van der Waals surface area contributed by atoms with Crippen LogP contribution in [0.1, 0.15) is 12.8 Å². The summed E-state index contributed by atoms with van der Waals surface area (Å²) in [6, 6.07) is 0. The van der Waals surface area contributed by atoms with E-state index in [0.717, 1.165) is 24.4 Å². The van der Waals surface area contributed by atoms with Gasteiger partial charge >= 0.3 is 0 Å². The van der Waals surface area contributed by atoms with E-state index in [1.807, 2.05) is 12.2 Å². The third kappa shape index (κ3) is 1.43. The van der Waals surface area contributed by atoms with E-state index in [4.69, 9.17) is 0 Å². The lowest BCUT2D eigenvalue weighted by Gasteiger charge is -2.18. The van der Waals surface area contributed by atoms with Gasteiger partial charge < -0.3 is 5.43 Å². The number of rotatable bonds is 2. The molecule has 1 saturated heterocycles. The van der Waals surface area contributed by atoms with Crippen LogP contribution in [0.15, 0.2) is 36.1 Å². The monoisotopic (exact) mass is 162 g/mol. The quantitative estimate of drug-likeness (QED) is 0.663. The molecule has 2 nitrogen and oxygen atoms in total. The highest BCUT2D eigenvalue weighted by atomic mass is 15.5. The van der Waals surface area contributed by atoms with Gasteiger partial charge in [-0.15, -0.1) is 0 Å². The zero-order chi connectivity index (χ0) is 8.39. The van der Waals surface area contributed by atoms with Crippen molar-refractivity contribution in [2.75, 3.05) is 13.1 Å². The minimum Gasteiger partial charge on any atom is -0.318 e. The lowest BCUT2D eigenvalue weighted by molar-refractivity contribution is 0.270. The van der Waals surface area contributed by atoms with Gasteiger partial charge in [0.15, 0.2) is 0 Å². The third-order valence-corrected chi connectivity index (χ3v) is 2.29. The zero-order valence-electron chi connectivity index (χ0n) is 7.21. The van der Waals surface area contributed by atoms with E-state index in [2.05, 4.69) is 23.1 Å². The van der Waals surface area contributed by atoms with Gasteiger partial charge in [0.1, 0.15) is 0 Å². The molecule has 0 saturated carbocycles. The first-order valence-corrected chi connectivity index (χ1v) is 4.45. The van der Waals surface area contributed by atoms with Gasteiger partial charge in [-0.05, 0) is 24.5 Å². The van der Waals surface area contributed by atoms with Gasteiger partial charge in [0, 0.05) is 13.1 Å². The maximum absolute atomic E-state index is 3.93. The third-order valence-electron chi connectivity index (χ3n) is 2.29. The van der Waals surface area contributed by atoms with Crippen LogP contribution in [-0.2, 0) is 0 Å². The fourth-order valence-corrected chi connectivity index (χ4v) is 1.57. The van der Waals surface area contributed by atoms with Crippen LogP contribution in [0.4, 0.5) is 0 Å². The topological polar surface area (TPSA) is 15.3 Å². The molecule has 1 N–H and O–H groups in total. The molecular weight excluding hydrogens is 148 g/mol. The molecule has 2 aliphatic rings. The van der Waals surface area contributed by atoms with Gasteiger partial charge in [0.2, 0.25) is 0 Å². The molecule has 0 bridgehead atoms. The van der Waals surface area contributed by atoms with Crippen LogP contribution in [0.2, 0.25) is 0 Å². The van der Waals surface area contributed by atoms with Crippen molar-refractivity contribution < 1.29 is 0 Å². The predicted octanol–water partition coefficient (Wildman–Crippen LogP) is 1.60. The summed E-state index contributed by atoms with van der Waals surface area (Å²) in [4.78, 5) is 0. The minimum atomic E-state index is 1.09. The van der Waals surface area contributed by atoms with Crippen molar-refractivity contribution >= 4 is 0 Å². The lowest BCUT2D eigenvalue weighted by Crippen LogP contribution is -2.34. The molecule has 0 radical (unpaired) electrons. The molecule has 1 aliphatic heterocycles. The smallest absolute Gasteiger partial charge is 0.0556 e. The Morgan fingerprint density at radius 1 is 1.33 bits per heavy atom. The normalized spacial score (nSPS) is 23.3. The molecule has 2 heteroatoms. The summed E-state index contributed by atoms with van der Waals surface area (Å²) in [5, 5.41) is 2.25. The van der Waals surface area contributed by atoms with Crippen LogP contribution >= 0.6 is 0 Å². The van der Waals surface area contributed by atoms with Crippen LogP contribution in [0.3, 0.4) is 0 Å². The number of nitrogens with zero attached hydrogens (tertiary/aromatic N) is 1. The van der Waals surface area contributed by atoms with Crippen molar-refractivity contribution in [3.05, 3.63) is 36.1 Å². The van der Waals surface area contributed by atoms with Crippen molar-refractivity contribution in [2.24, 2.45) is 0 Å². The average Bonchev–Trinajstić information content (AvgIpc) is 2.65. The van der Waals surface area contributed by atoms with Crippen molar-refractivity contribution in [2.45, 2.75) is 12.8 Å². The summed E-state index contributed by atoms with van der Waals surface area (Å²) < 4.78 is 0. The molecule has 0 atom stereocenters. The fourth-order valence-electron chi connectivity index (χ4n) is 1.57. The van der Waals surface area contributed by atoms with E-state index in [1.165, 1.54) is 12.8 Å². The highest BCUT2D eigenvalue weighted by molar-refractivity contribution is 5.45. The number of allylic oxidation sites excluding steroid dienone is 3. The molecular formula is C10H14N2. The molecule has 12 heavy (non-hydrogen) atoms. The maximum Gasteiger partial charge on any atom is 0.0556 e. The number of hydrogen-bond acceptors (Lipinski definition) is 2. The van der Waals surface area contributed by atoms with E-state index in [1.54, 1.807) is 0 Å². The highest BCUT2D eigenvalue weighted by Gasteiger charge is 2.13. The molecule has 0 aromatic rings. The SMILES string of the molecule is C=C1C=CC=C1NN1CCCC1. The summed E-state index contributed by atoms with van der Waals surface area (Å²) in [7, 11) is 0. The van der Waals surface area contributed by atoms with Crippen molar-refractivity contribution in [1.29, 1.82) is 0 Å². The van der Waals surface area contributed by atoms with E-state index in [-0.39, 0.29) is 0 Å². The number of hydrogen-bond donors (Lipinski definition) is 1. The number of hydrazine groups is 1. The largest absolute Gasteiger partial charge is 0.318 e. The van der Waals surface area contributed by atoms with Crippen LogP contribution in [0, 0.1) is 0 Å². The van der Waals surface area contributed by atoms with Gasteiger partial charge in [-0.25, -0.2) is 5.01 Å². The summed E-state index contributed by atoms with van der Waals surface area (Å²) in [6.45, 7) is 6.25. The number of nitrogens with one attached hydrogen (secondary N) is 1. The standard InChI is InChI=1S/C10H14N2/c1-9-5-4-6-10(9)11-12-7-2-3-8-12/h4-6,11H,1-3,7-8H2. The van der Waals surface area contributed by atoms with Gasteiger partial charge in [0.25, 0.3) is 0 Å². The van der Waals surface area contributed by atoms with Crippen molar-refractivity contribution in [3.63, 3.8) is 0 Å². The van der Waals surface area contributed by atoms with Gasteiger partial charge in [-0.1, -0.05) is 18.7 Å². The summed E-state index contributed by atoms with van der Waals surface area (Å²) in [6.07, 6.45) is 8.74. The van der Waals surface area contributed by atoms with E-state index in [0.29, 0.717) is 0 Å². The molecule has 0 amide bonds. The second-order valence-corrected chi connectivity index (χ2v) is 3.27. The van der Waals surface area contributed by atoms with Gasteiger partial charge in [-0.3, -0.25) is 0 Å². The Labute approximate surface area is 73.2 Å². The van der Waals surface area contributed by atoms with E-state index in [9.17, 15) is 0 Å². The second-order valence-electron chi connectivity index (χ2n) is 3.27. The minimum absolute atomic E-state index is 1.09. The molecule has 1 aliphatic carbocycles. The summed E-state index contributed by atoms with van der Waals surface area (Å²) >= 11 is 0. The van der Waals surface area contributed by atoms with E-state index < -0.39 is 0 Å². The molecule has 1 heterocycles. The second kappa shape index (κ2) is 3.15. The predicted molar refractivity (Wildman–Crippen MR) is 50.3 cm³/mol. The molecule has 0 unspecified atom stereocenters. The Morgan fingerprint density at radius 2 is 2.08 bits per heavy atom. The first kappa shape index (κ1) is 7.62. The van der Waals surface area contributed by atoms with Crippen molar-refractivity contribution in [1.82, 2.24) is 10.4 Å². The van der Waals surface area contributed by atoms with Crippen LogP contribution in [0.25, 0.3) is 0 Å². The van der Waals surface area contributed by atoms with Gasteiger partial charge in [0.05, 0.1) is 5.70 Å². The first-order valence-electron chi connectivity index (χ1n) is 4.45. The van der Waals surface area contributed by atoms with E-state index >= 15 is 0 Å². The Morgan fingerprint density at radius 3 is 2.67 bits per heavy atom. The Bertz CT molecular complexity index is 245. The summed E-state index contributed by atoms with van der Waals surface area (Å²) in [5.41, 5.74) is 5.59. The first-order chi connectivity index (χ1) is 5.86. The molecule has 2 rings (SSSR count). The van der Waals surface area contributed by atoms with Crippen LogP contribution in [0.5, 0.6) is 0 Å². The lowest BCUT2D eigenvalue weighted by atomic mass is 10.3. The van der Waals surface area contributed by atoms with Crippen LogP contribution in [-0.4, -0.2) is 18.1 Å². The highest BCUT2D eigenvalue weighted by Crippen LogP contribution is 2.15. The maximum atomic E-state index is 3.93. The zero-order valence-corrected chi connectivity index (χ0v) is 7.21.